The monoisotopic (exact) mass is 790 g/mol. The van der Waals surface area contributed by atoms with Crippen molar-refractivity contribution < 1.29 is 0 Å². The molecule has 62 heavy (non-hydrogen) atoms. The molecule has 0 aliphatic heterocycles. The molecule has 2 heteroatoms. The zero-order chi connectivity index (χ0) is 41.2. The van der Waals surface area contributed by atoms with Crippen LogP contribution in [0.25, 0.3) is 83.1 Å². The Labute approximate surface area is 362 Å². The number of benzene rings is 10. The van der Waals surface area contributed by atoms with E-state index in [9.17, 15) is 0 Å². The number of rotatable bonds is 9. The third-order valence-corrected chi connectivity index (χ3v) is 12.0. The van der Waals surface area contributed by atoms with Gasteiger partial charge in [0, 0.05) is 39.0 Å². The van der Waals surface area contributed by atoms with Crippen LogP contribution >= 0.6 is 0 Å². The Kier molecular flexibility index (Phi) is 9.57. The molecule has 11 aromatic rings. The zero-order valence-corrected chi connectivity index (χ0v) is 34.1. The van der Waals surface area contributed by atoms with Crippen LogP contribution in [0, 0.1) is 0 Å². The molecule has 0 unspecified atom stereocenters. The van der Waals surface area contributed by atoms with E-state index in [0.717, 1.165) is 22.7 Å². The molecule has 0 saturated carbocycles. The van der Waals surface area contributed by atoms with Gasteiger partial charge in [0.15, 0.2) is 0 Å². The highest BCUT2D eigenvalue weighted by molar-refractivity contribution is 6.14. The van der Waals surface area contributed by atoms with Gasteiger partial charge >= 0.3 is 0 Å². The fourth-order valence-corrected chi connectivity index (χ4v) is 8.99. The maximum Gasteiger partial charge on any atom is 0.0619 e. The fourth-order valence-electron chi connectivity index (χ4n) is 8.99. The average Bonchev–Trinajstić information content (AvgIpc) is 3.70. The van der Waals surface area contributed by atoms with E-state index in [0.29, 0.717) is 0 Å². The van der Waals surface area contributed by atoms with Crippen molar-refractivity contribution in [3.8, 4) is 61.3 Å². The molecule has 292 valence electrons. The van der Waals surface area contributed by atoms with Crippen LogP contribution < -0.4 is 4.90 Å². The number of hydrogen-bond donors (Lipinski definition) is 0. The second kappa shape index (κ2) is 16.1. The molecule has 0 atom stereocenters. The van der Waals surface area contributed by atoms with Gasteiger partial charge in [0.05, 0.1) is 16.7 Å². The van der Waals surface area contributed by atoms with Gasteiger partial charge in [-0.25, -0.2) is 0 Å². The van der Waals surface area contributed by atoms with E-state index in [2.05, 4.69) is 264 Å². The predicted octanol–water partition coefficient (Wildman–Crippen LogP) is 16.6. The van der Waals surface area contributed by atoms with Crippen molar-refractivity contribution in [2.45, 2.75) is 0 Å². The van der Waals surface area contributed by atoms with Crippen molar-refractivity contribution in [3.63, 3.8) is 0 Å². The Morgan fingerprint density at radius 3 is 1.13 bits per heavy atom. The summed E-state index contributed by atoms with van der Waals surface area (Å²) < 4.78 is 2.46. The number of anilines is 3. The van der Waals surface area contributed by atoms with Crippen LogP contribution in [0.15, 0.2) is 255 Å². The van der Waals surface area contributed by atoms with Crippen molar-refractivity contribution in [1.82, 2.24) is 4.57 Å². The lowest BCUT2D eigenvalue weighted by atomic mass is 9.98. The summed E-state index contributed by atoms with van der Waals surface area (Å²) in [5.74, 6) is 0. The van der Waals surface area contributed by atoms with Crippen LogP contribution in [0.1, 0.15) is 0 Å². The normalized spacial score (nSPS) is 11.2. The van der Waals surface area contributed by atoms with Gasteiger partial charge in [-0.05, 0) is 93.0 Å². The Balaban J connectivity index is 0.940. The van der Waals surface area contributed by atoms with E-state index in [1.54, 1.807) is 0 Å². The maximum absolute atomic E-state index is 2.46. The standard InChI is InChI=1S/C60H42N2/c1-4-15-43(16-5-1)46-31-37-51(38-32-46)61(52-39-33-47(34-40-52)44-17-6-2-7-18-44)53-41-35-48(36-42-53)45-27-29-50(30-28-45)54-21-10-12-25-58(54)62-59-26-13-11-22-56(59)57-24-14-23-55(60(57)62)49-19-8-3-9-20-49/h1-42H. The summed E-state index contributed by atoms with van der Waals surface area (Å²) in [4.78, 5) is 2.34. The zero-order valence-electron chi connectivity index (χ0n) is 34.1. The number of hydrogen-bond acceptors (Lipinski definition) is 1. The van der Waals surface area contributed by atoms with Gasteiger partial charge in [-0.15, -0.1) is 0 Å². The largest absolute Gasteiger partial charge is 0.311 e. The maximum atomic E-state index is 2.46. The second-order valence-corrected chi connectivity index (χ2v) is 15.7. The molecule has 2 nitrogen and oxygen atoms in total. The van der Waals surface area contributed by atoms with Crippen molar-refractivity contribution in [2.75, 3.05) is 4.90 Å². The lowest BCUT2D eigenvalue weighted by Crippen LogP contribution is -2.09. The molecule has 1 aromatic heterocycles. The van der Waals surface area contributed by atoms with Crippen LogP contribution in [-0.4, -0.2) is 4.57 Å². The molecule has 10 aromatic carbocycles. The van der Waals surface area contributed by atoms with E-state index in [1.807, 2.05) is 0 Å². The minimum atomic E-state index is 1.10. The Morgan fingerprint density at radius 2 is 0.597 bits per heavy atom. The van der Waals surface area contributed by atoms with E-state index < -0.39 is 0 Å². The first-order valence-electron chi connectivity index (χ1n) is 21.3. The second-order valence-electron chi connectivity index (χ2n) is 15.7. The van der Waals surface area contributed by atoms with Crippen LogP contribution in [0.5, 0.6) is 0 Å². The molecule has 0 aliphatic rings. The molecule has 0 bridgehead atoms. The predicted molar refractivity (Wildman–Crippen MR) is 263 cm³/mol. The summed E-state index contributed by atoms with van der Waals surface area (Å²) in [6.45, 7) is 0. The van der Waals surface area contributed by atoms with E-state index in [-0.39, 0.29) is 0 Å². The summed E-state index contributed by atoms with van der Waals surface area (Å²) in [6, 6.07) is 91.9. The highest BCUT2D eigenvalue weighted by atomic mass is 15.1. The van der Waals surface area contributed by atoms with E-state index in [4.69, 9.17) is 0 Å². The summed E-state index contributed by atoms with van der Waals surface area (Å²) in [5, 5.41) is 2.50. The van der Waals surface area contributed by atoms with Crippen molar-refractivity contribution in [1.29, 1.82) is 0 Å². The van der Waals surface area contributed by atoms with Crippen molar-refractivity contribution in [3.05, 3.63) is 255 Å². The molecular formula is C60H42N2. The summed E-state index contributed by atoms with van der Waals surface area (Å²) >= 11 is 0. The first-order chi connectivity index (χ1) is 30.8. The molecule has 0 saturated heterocycles. The summed E-state index contributed by atoms with van der Waals surface area (Å²) in [5.41, 5.74) is 18.8. The molecular weight excluding hydrogens is 749 g/mol. The van der Waals surface area contributed by atoms with Crippen LogP contribution in [0.4, 0.5) is 17.1 Å². The van der Waals surface area contributed by atoms with E-state index in [1.165, 1.54) is 77.4 Å². The van der Waals surface area contributed by atoms with Crippen LogP contribution in [0.3, 0.4) is 0 Å². The number of fused-ring (bicyclic) bond motifs is 3. The molecule has 0 amide bonds. The SMILES string of the molecule is c1ccc(-c2ccc(N(c3ccc(-c4ccccc4)cc3)c3ccc(-c4ccc(-c5ccccc5-n5c6ccccc6c6cccc(-c7ccccc7)c65)cc4)cc3)cc2)cc1. The van der Waals surface area contributed by atoms with E-state index >= 15 is 0 Å². The minimum absolute atomic E-state index is 1.10. The highest BCUT2D eigenvalue weighted by Crippen LogP contribution is 2.42. The third kappa shape index (κ3) is 6.84. The Morgan fingerprint density at radius 1 is 0.242 bits per heavy atom. The van der Waals surface area contributed by atoms with Crippen LogP contribution in [0.2, 0.25) is 0 Å². The topological polar surface area (TPSA) is 8.17 Å². The lowest BCUT2D eigenvalue weighted by Gasteiger charge is -2.26. The fraction of sp³-hybridized carbons (Fsp3) is 0. The Bertz CT molecular complexity index is 3190. The number of nitrogens with zero attached hydrogens (tertiary/aromatic N) is 2. The molecule has 0 radical (unpaired) electrons. The lowest BCUT2D eigenvalue weighted by molar-refractivity contribution is 1.18. The number of para-hydroxylation sites is 3. The van der Waals surface area contributed by atoms with Gasteiger partial charge < -0.3 is 9.47 Å². The van der Waals surface area contributed by atoms with Crippen molar-refractivity contribution in [2.24, 2.45) is 0 Å². The molecule has 11 rings (SSSR count). The minimum Gasteiger partial charge on any atom is -0.311 e. The van der Waals surface area contributed by atoms with Gasteiger partial charge in [0.2, 0.25) is 0 Å². The molecule has 0 N–H and O–H groups in total. The molecule has 0 aliphatic carbocycles. The summed E-state index contributed by atoms with van der Waals surface area (Å²) in [7, 11) is 0. The number of aromatic nitrogens is 1. The highest BCUT2D eigenvalue weighted by Gasteiger charge is 2.19. The van der Waals surface area contributed by atoms with Gasteiger partial charge in [0.25, 0.3) is 0 Å². The first-order valence-corrected chi connectivity index (χ1v) is 21.3. The molecule has 1 heterocycles. The molecule has 0 spiro atoms. The third-order valence-electron chi connectivity index (χ3n) is 12.0. The van der Waals surface area contributed by atoms with Gasteiger partial charge in [-0.2, -0.15) is 0 Å². The average molecular weight is 791 g/mol. The van der Waals surface area contributed by atoms with Gasteiger partial charge in [-0.3, -0.25) is 0 Å². The summed E-state index contributed by atoms with van der Waals surface area (Å²) in [6.07, 6.45) is 0. The quantitative estimate of drug-likeness (QED) is 0.141. The smallest absolute Gasteiger partial charge is 0.0619 e. The van der Waals surface area contributed by atoms with Crippen LogP contribution in [-0.2, 0) is 0 Å². The van der Waals surface area contributed by atoms with Crippen molar-refractivity contribution >= 4 is 38.9 Å². The molecule has 0 fully saturated rings. The Hall–Kier alpha value is -8.20. The first kappa shape index (κ1) is 36.8. The van der Waals surface area contributed by atoms with Gasteiger partial charge in [-0.1, -0.05) is 206 Å². The van der Waals surface area contributed by atoms with Gasteiger partial charge in [0.1, 0.15) is 0 Å².